The van der Waals surface area contributed by atoms with E-state index < -0.39 is 61.5 Å². The number of benzene rings is 1. The lowest BCUT2D eigenvalue weighted by atomic mass is 9.86. The van der Waals surface area contributed by atoms with E-state index in [1.54, 1.807) is 6.92 Å². The van der Waals surface area contributed by atoms with Crippen molar-refractivity contribution in [3.8, 4) is 0 Å². The Morgan fingerprint density at radius 2 is 1.89 bits per heavy atom. The lowest BCUT2D eigenvalue weighted by Gasteiger charge is -2.41. The molecule has 0 amide bonds. The molecule has 0 bridgehead atoms. The molecule has 6 N–H and O–H groups in total. The van der Waals surface area contributed by atoms with Crippen LogP contribution in [0.3, 0.4) is 0 Å². The van der Waals surface area contributed by atoms with E-state index in [0.717, 1.165) is 17.2 Å². The van der Waals surface area contributed by atoms with Gasteiger partial charge in [0.25, 0.3) is 0 Å². The van der Waals surface area contributed by atoms with E-state index in [-0.39, 0.29) is 24.2 Å². The molecule has 1 aromatic carbocycles. The van der Waals surface area contributed by atoms with Gasteiger partial charge in [0.1, 0.15) is 31.0 Å². The molecule has 2 aliphatic heterocycles. The van der Waals surface area contributed by atoms with Gasteiger partial charge in [0, 0.05) is 17.0 Å². The van der Waals surface area contributed by atoms with Gasteiger partial charge in [-0.3, -0.25) is 4.79 Å². The van der Waals surface area contributed by atoms with Crippen LogP contribution in [0.1, 0.15) is 19.0 Å². The average Bonchev–Trinajstić information content (AvgIpc) is 3.31. The van der Waals surface area contributed by atoms with Crippen molar-refractivity contribution in [2.24, 2.45) is 5.92 Å². The summed E-state index contributed by atoms with van der Waals surface area (Å²) in [7, 11) is 0. The van der Waals surface area contributed by atoms with Crippen molar-refractivity contribution in [3.05, 3.63) is 59.5 Å². The molecule has 3 heterocycles. The Balaban J connectivity index is 1.46. The minimum atomic E-state index is -1.69. The molecule has 12 heteroatoms. The van der Waals surface area contributed by atoms with Gasteiger partial charge in [-0.1, -0.05) is 24.3 Å². The standard InChI is InChI=1S/C25H29NO11/c1-2-14-15(8-19(28)34-10-13-7-12-5-3-4-6-17(12)26-13)16(23(32)33)11-35-24(14)37-25-22(31)21(30)20(29)18(9-27)36-25/h2-7,11,15,18,20-22,24-27,29-31H,8-10H2,1H3,(H,32,33)/b14-2+/t15-,18+,20+,21-,22+,24-,25-/m0/s1. The monoisotopic (exact) mass is 519 g/mol. The van der Waals surface area contributed by atoms with Gasteiger partial charge in [-0.2, -0.15) is 0 Å². The number of fused-ring (bicyclic) bond motifs is 1. The largest absolute Gasteiger partial charge is 0.478 e. The first-order valence-corrected chi connectivity index (χ1v) is 11.7. The van der Waals surface area contributed by atoms with Crippen molar-refractivity contribution in [1.82, 2.24) is 4.98 Å². The van der Waals surface area contributed by atoms with Crippen molar-refractivity contribution in [2.45, 2.75) is 56.9 Å². The summed E-state index contributed by atoms with van der Waals surface area (Å²) >= 11 is 0. The van der Waals surface area contributed by atoms with Crippen LogP contribution >= 0.6 is 0 Å². The second-order valence-corrected chi connectivity index (χ2v) is 8.77. The first-order valence-electron chi connectivity index (χ1n) is 11.7. The van der Waals surface area contributed by atoms with Crippen LogP contribution in [-0.4, -0.2) is 86.1 Å². The molecule has 1 fully saturated rings. The molecule has 0 saturated carbocycles. The number of nitrogens with one attached hydrogen (secondary N) is 1. The van der Waals surface area contributed by atoms with Crippen LogP contribution in [0.4, 0.5) is 0 Å². The number of aromatic amines is 1. The molecular formula is C25H29NO11. The van der Waals surface area contributed by atoms with E-state index in [0.29, 0.717) is 5.69 Å². The van der Waals surface area contributed by atoms with Crippen LogP contribution in [0.15, 0.2) is 53.8 Å². The van der Waals surface area contributed by atoms with Crippen molar-refractivity contribution in [1.29, 1.82) is 0 Å². The maximum absolute atomic E-state index is 12.7. The summed E-state index contributed by atoms with van der Waals surface area (Å²) in [5.41, 5.74) is 1.60. The number of aliphatic carboxylic acids is 1. The number of aromatic nitrogens is 1. The van der Waals surface area contributed by atoms with Crippen molar-refractivity contribution in [3.63, 3.8) is 0 Å². The third-order valence-corrected chi connectivity index (χ3v) is 6.40. The fourth-order valence-electron chi connectivity index (χ4n) is 4.41. The molecule has 0 unspecified atom stereocenters. The second-order valence-electron chi connectivity index (χ2n) is 8.77. The van der Waals surface area contributed by atoms with E-state index in [4.69, 9.17) is 18.9 Å². The lowest BCUT2D eigenvalue weighted by molar-refractivity contribution is -0.327. The molecule has 0 spiro atoms. The van der Waals surface area contributed by atoms with Gasteiger partial charge in [0.05, 0.1) is 30.6 Å². The van der Waals surface area contributed by atoms with Gasteiger partial charge < -0.3 is 49.5 Å². The Morgan fingerprint density at radius 1 is 1.14 bits per heavy atom. The molecule has 1 aromatic heterocycles. The summed E-state index contributed by atoms with van der Waals surface area (Å²) in [6.45, 7) is 0.898. The Kier molecular flexibility index (Phi) is 8.27. The number of esters is 1. The van der Waals surface area contributed by atoms with Gasteiger partial charge in [0.15, 0.2) is 6.29 Å². The van der Waals surface area contributed by atoms with Crippen LogP contribution in [0.25, 0.3) is 10.9 Å². The summed E-state index contributed by atoms with van der Waals surface area (Å²) in [4.78, 5) is 27.7. The zero-order valence-corrected chi connectivity index (χ0v) is 19.9. The smallest absolute Gasteiger partial charge is 0.335 e. The highest BCUT2D eigenvalue weighted by molar-refractivity contribution is 5.89. The number of rotatable bonds is 8. The number of hydrogen-bond acceptors (Lipinski definition) is 10. The summed E-state index contributed by atoms with van der Waals surface area (Å²) in [6.07, 6.45) is -6.84. The number of ether oxygens (including phenoxy) is 4. The van der Waals surface area contributed by atoms with Gasteiger partial charge in [-0.15, -0.1) is 0 Å². The third-order valence-electron chi connectivity index (χ3n) is 6.40. The number of carboxylic acid groups (broad SMARTS) is 1. The number of hydrogen-bond donors (Lipinski definition) is 6. The molecule has 7 atom stereocenters. The van der Waals surface area contributed by atoms with E-state index in [2.05, 4.69) is 4.98 Å². The predicted molar refractivity (Wildman–Crippen MR) is 125 cm³/mol. The van der Waals surface area contributed by atoms with Crippen LogP contribution in [-0.2, 0) is 35.1 Å². The number of aliphatic hydroxyl groups excluding tert-OH is 4. The zero-order valence-electron chi connectivity index (χ0n) is 19.9. The Bertz CT molecular complexity index is 1150. The molecule has 2 aromatic rings. The summed E-state index contributed by atoms with van der Waals surface area (Å²) in [5, 5.41) is 50.3. The Morgan fingerprint density at radius 3 is 2.57 bits per heavy atom. The van der Waals surface area contributed by atoms with Gasteiger partial charge in [0.2, 0.25) is 6.29 Å². The SMILES string of the molecule is C/C=C1/[C@H](O[C@@H]2O[C@H](CO)[C@@H](O)[C@H](O)[C@H]2O)OC=C(C(=O)O)[C@H]1CC(=O)OCc1cc2ccccc2[nH]1. The first-order chi connectivity index (χ1) is 17.7. The molecule has 200 valence electrons. The number of aliphatic hydroxyl groups is 4. The highest BCUT2D eigenvalue weighted by Crippen LogP contribution is 2.36. The maximum Gasteiger partial charge on any atom is 0.335 e. The average molecular weight is 520 g/mol. The van der Waals surface area contributed by atoms with Crippen LogP contribution in [0, 0.1) is 5.92 Å². The first kappa shape index (κ1) is 26.8. The molecule has 37 heavy (non-hydrogen) atoms. The van der Waals surface area contributed by atoms with Crippen LogP contribution < -0.4 is 0 Å². The predicted octanol–water partition coefficient (Wildman–Crippen LogP) is 0.305. The molecule has 1 saturated heterocycles. The van der Waals surface area contributed by atoms with E-state index >= 15 is 0 Å². The number of H-pyrrole nitrogens is 1. The van der Waals surface area contributed by atoms with E-state index in [9.17, 15) is 35.1 Å². The molecule has 12 nitrogen and oxygen atoms in total. The molecule has 0 radical (unpaired) electrons. The quantitative estimate of drug-likeness (QED) is 0.208. The van der Waals surface area contributed by atoms with Gasteiger partial charge in [-0.05, 0) is 24.4 Å². The third kappa shape index (κ3) is 5.69. The number of allylic oxidation sites excluding steroid dienone is 1. The molecule has 4 rings (SSSR count). The molecule has 2 aliphatic rings. The number of carboxylic acids is 1. The Labute approximate surface area is 211 Å². The minimum absolute atomic E-state index is 0.0428. The summed E-state index contributed by atoms with van der Waals surface area (Å²) in [6, 6.07) is 9.41. The number of para-hydroxylation sites is 1. The van der Waals surface area contributed by atoms with Crippen LogP contribution in [0.2, 0.25) is 0 Å². The molecule has 0 aliphatic carbocycles. The van der Waals surface area contributed by atoms with Crippen molar-refractivity contribution >= 4 is 22.8 Å². The van der Waals surface area contributed by atoms with E-state index in [1.165, 1.54) is 6.08 Å². The van der Waals surface area contributed by atoms with Gasteiger partial charge in [-0.25, -0.2) is 4.79 Å². The lowest BCUT2D eigenvalue weighted by Crippen LogP contribution is -2.60. The Hall–Kier alpha value is -3.26. The fraction of sp³-hybridized carbons (Fsp3) is 0.440. The molecular weight excluding hydrogens is 490 g/mol. The fourth-order valence-corrected chi connectivity index (χ4v) is 4.41. The number of carbonyl (C=O) groups excluding carboxylic acids is 1. The topological polar surface area (TPSA) is 188 Å². The highest BCUT2D eigenvalue weighted by atomic mass is 16.8. The summed E-state index contributed by atoms with van der Waals surface area (Å²) < 4.78 is 21.8. The number of carbonyl (C=O) groups is 2. The maximum atomic E-state index is 12.7. The normalized spacial score (nSPS) is 31.1. The van der Waals surface area contributed by atoms with Crippen molar-refractivity contribution in [2.75, 3.05) is 6.61 Å². The summed E-state index contributed by atoms with van der Waals surface area (Å²) in [5.74, 6) is -2.95. The van der Waals surface area contributed by atoms with Gasteiger partial charge >= 0.3 is 11.9 Å². The zero-order chi connectivity index (χ0) is 26.7. The minimum Gasteiger partial charge on any atom is -0.478 e. The highest BCUT2D eigenvalue weighted by Gasteiger charge is 2.46. The van der Waals surface area contributed by atoms with Crippen molar-refractivity contribution < 1.29 is 54.1 Å². The van der Waals surface area contributed by atoms with Crippen LogP contribution in [0.5, 0.6) is 0 Å². The van der Waals surface area contributed by atoms with E-state index in [1.807, 2.05) is 30.3 Å². The second kappa shape index (κ2) is 11.4.